The van der Waals surface area contributed by atoms with Crippen molar-refractivity contribution in [2.45, 2.75) is 58.8 Å². The third-order valence-electron chi connectivity index (χ3n) is 3.99. The molecule has 0 aromatic heterocycles. The molecule has 0 fully saturated rings. The summed E-state index contributed by atoms with van der Waals surface area (Å²) in [4.78, 5) is 6.67. The Balaban J connectivity index is 2.71. The monoisotopic (exact) mass is 313 g/mol. The van der Waals surface area contributed by atoms with Gasteiger partial charge in [-0.3, -0.25) is 0 Å². The molecule has 2 unspecified atom stereocenters. The van der Waals surface area contributed by atoms with Gasteiger partial charge in [0, 0.05) is 32.0 Å². The largest absolute Gasteiger partial charge is 0.328 e. The summed E-state index contributed by atoms with van der Waals surface area (Å²) in [6.07, 6.45) is 2.63. The number of benzene rings is 1. The minimum Gasteiger partial charge on any atom is -0.310 e. The van der Waals surface area contributed by atoms with Gasteiger partial charge < -0.3 is 5.32 Å². The van der Waals surface area contributed by atoms with Crippen LogP contribution in [-0.4, -0.2) is 30.7 Å². The molecular weight excluding hydrogens is 284 g/mol. The topological polar surface area (TPSA) is 43.4 Å². The van der Waals surface area contributed by atoms with E-state index in [4.69, 9.17) is 5.26 Å². The third-order valence-corrected chi connectivity index (χ3v) is 3.99. The van der Waals surface area contributed by atoms with Crippen LogP contribution in [0.15, 0.2) is 24.3 Å². The maximum Gasteiger partial charge on any atom is 0.328 e. The molecule has 0 saturated carbocycles. The van der Waals surface area contributed by atoms with E-state index in [1.165, 1.54) is 5.56 Å². The molecule has 0 heterocycles. The Morgan fingerprint density at radius 1 is 1.30 bits per heavy atom. The lowest BCUT2D eigenvalue weighted by molar-refractivity contribution is 0.280. The molecule has 1 aromatic rings. The van der Waals surface area contributed by atoms with E-state index in [2.05, 4.69) is 60.1 Å². The molecule has 1 rings (SSSR count). The number of nitrogens with one attached hydrogen (secondary N) is 1. The van der Waals surface area contributed by atoms with Gasteiger partial charge >= 0.3 is 12.2 Å². The van der Waals surface area contributed by atoms with Gasteiger partial charge in [-0.05, 0) is 38.1 Å². The Kier molecular flexibility index (Phi) is 8.98. The molecule has 4 heteroatoms. The van der Waals surface area contributed by atoms with E-state index in [0.717, 1.165) is 31.5 Å². The first-order valence-electron chi connectivity index (χ1n) is 8.46. The van der Waals surface area contributed by atoms with Gasteiger partial charge in [-0.1, -0.05) is 30.8 Å². The van der Waals surface area contributed by atoms with Crippen molar-refractivity contribution in [1.82, 2.24) is 10.2 Å². The van der Waals surface area contributed by atoms with E-state index in [1.54, 1.807) is 0 Å². The SMILES string of the molecule is CCC(C)NCc1cccc(C#[N+]C(CC)N(C)CCC#N)c1. The first-order valence-corrected chi connectivity index (χ1v) is 8.46. The highest BCUT2D eigenvalue weighted by Gasteiger charge is 2.19. The van der Waals surface area contributed by atoms with Gasteiger partial charge in [-0.15, -0.1) is 0 Å². The Bertz CT molecular complexity index is 565. The normalized spacial score (nSPS) is 13.0. The Labute approximate surface area is 140 Å². The highest BCUT2D eigenvalue weighted by Crippen LogP contribution is 2.08. The predicted molar refractivity (Wildman–Crippen MR) is 96.3 cm³/mol. The van der Waals surface area contributed by atoms with E-state index in [0.29, 0.717) is 12.5 Å². The van der Waals surface area contributed by atoms with E-state index >= 15 is 0 Å². The van der Waals surface area contributed by atoms with Crippen molar-refractivity contribution in [1.29, 1.82) is 5.26 Å². The molecule has 0 aliphatic heterocycles. The molecule has 0 bridgehead atoms. The van der Waals surface area contributed by atoms with Crippen LogP contribution < -0.4 is 5.32 Å². The molecular formula is C19H29N4+. The van der Waals surface area contributed by atoms with E-state index in [9.17, 15) is 0 Å². The number of hydrogen-bond acceptors (Lipinski definition) is 3. The van der Waals surface area contributed by atoms with Crippen molar-refractivity contribution < 1.29 is 0 Å². The fourth-order valence-electron chi connectivity index (χ4n) is 2.21. The quantitative estimate of drug-likeness (QED) is 0.793. The van der Waals surface area contributed by atoms with Crippen LogP contribution >= 0.6 is 0 Å². The van der Waals surface area contributed by atoms with E-state index in [-0.39, 0.29) is 6.17 Å². The van der Waals surface area contributed by atoms with Crippen LogP contribution in [0.25, 0.3) is 4.85 Å². The Hall–Kier alpha value is -1.88. The highest BCUT2D eigenvalue weighted by molar-refractivity contribution is 5.35. The van der Waals surface area contributed by atoms with Gasteiger partial charge in [-0.25, -0.2) is 4.90 Å². The maximum absolute atomic E-state index is 8.69. The molecule has 124 valence electrons. The number of nitrogens with zero attached hydrogens (tertiary/aromatic N) is 3. The van der Waals surface area contributed by atoms with Crippen molar-refractivity contribution in [2.24, 2.45) is 0 Å². The van der Waals surface area contributed by atoms with Crippen molar-refractivity contribution in [2.75, 3.05) is 13.6 Å². The Morgan fingerprint density at radius 3 is 2.74 bits per heavy atom. The van der Waals surface area contributed by atoms with Crippen LogP contribution in [-0.2, 0) is 6.54 Å². The van der Waals surface area contributed by atoms with Gasteiger partial charge in [0.2, 0.25) is 0 Å². The minimum atomic E-state index is 0.0743. The summed E-state index contributed by atoms with van der Waals surface area (Å²) in [6.45, 7) is 8.08. The van der Waals surface area contributed by atoms with Crippen LogP contribution in [0.5, 0.6) is 0 Å². The molecule has 23 heavy (non-hydrogen) atoms. The number of nitriles is 1. The summed E-state index contributed by atoms with van der Waals surface area (Å²) in [5.41, 5.74) is 2.25. The average molecular weight is 313 g/mol. The van der Waals surface area contributed by atoms with Crippen LogP contribution in [0.2, 0.25) is 0 Å². The lowest BCUT2D eigenvalue weighted by Gasteiger charge is -2.12. The van der Waals surface area contributed by atoms with Crippen molar-refractivity contribution in [3.8, 4) is 12.1 Å². The van der Waals surface area contributed by atoms with Gasteiger partial charge in [0.25, 0.3) is 0 Å². The zero-order valence-electron chi connectivity index (χ0n) is 14.8. The fraction of sp³-hybridized carbons (Fsp3) is 0.579. The van der Waals surface area contributed by atoms with Crippen molar-refractivity contribution in [3.05, 3.63) is 40.2 Å². The Morgan fingerprint density at radius 2 is 2.09 bits per heavy atom. The van der Waals surface area contributed by atoms with E-state index in [1.807, 2.05) is 19.2 Å². The summed E-state index contributed by atoms with van der Waals surface area (Å²) >= 11 is 0. The van der Waals surface area contributed by atoms with Gasteiger partial charge in [0.05, 0.1) is 6.07 Å². The molecule has 0 amide bonds. The molecule has 1 aromatic carbocycles. The first kappa shape index (κ1) is 19.2. The summed E-state index contributed by atoms with van der Waals surface area (Å²) in [7, 11) is 2.00. The summed E-state index contributed by atoms with van der Waals surface area (Å²) in [6, 6.07) is 14.2. The smallest absolute Gasteiger partial charge is 0.310 e. The minimum absolute atomic E-state index is 0.0743. The molecule has 0 aliphatic carbocycles. The molecule has 1 N–H and O–H groups in total. The lowest BCUT2D eigenvalue weighted by atomic mass is 10.1. The highest BCUT2D eigenvalue weighted by atomic mass is 15.2. The zero-order chi connectivity index (χ0) is 17.1. The predicted octanol–water partition coefficient (Wildman–Crippen LogP) is 3.84. The molecule has 0 saturated heterocycles. The van der Waals surface area contributed by atoms with Gasteiger partial charge in [-0.2, -0.15) is 5.26 Å². The second kappa shape index (κ2) is 10.8. The van der Waals surface area contributed by atoms with Crippen LogP contribution in [0.4, 0.5) is 0 Å². The second-order valence-corrected chi connectivity index (χ2v) is 5.91. The molecule has 4 nitrogen and oxygen atoms in total. The van der Waals surface area contributed by atoms with Crippen LogP contribution in [0.1, 0.15) is 51.2 Å². The zero-order valence-corrected chi connectivity index (χ0v) is 14.8. The summed E-state index contributed by atoms with van der Waals surface area (Å²) in [5.74, 6) is 0. The molecule has 0 aliphatic rings. The number of rotatable bonds is 8. The molecule has 0 spiro atoms. The van der Waals surface area contributed by atoms with Crippen LogP contribution in [0.3, 0.4) is 0 Å². The lowest BCUT2D eigenvalue weighted by Crippen LogP contribution is -2.29. The maximum atomic E-state index is 8.69. The van der Waals surface area contributed by atoms with Crippen molar-refractivity contribution in [3.63, 3.8) is 0 Å². The van der Waals surface area contributed by atoms with E-state index < -0.39 is 0 Å². The summed E-state index contributed by atoms with van der Waals surface area (Å²) < 4.78 is 0. The summed E-state index contributed by atoms with van der Waals surface area (Å²) in [5, 5.41) is 12.2. The molecule has 2 atom stereocenters. The first-order chi connectivity index (χ1) is 11.1. The standard InChI is InChI=1S/C19H29N4/c1-5-16(3)21-14-17-9-7-10-18(13-17)15-22-19(6-2)23(4)12-8-11-20/h7,9-10,13,16,19,21H,5-6,8,12,14H2,1-4H3/q+1. The van der Waals surface area contributed by atoms with Crippen molar-refractivity contribution >= 4 is 0 Å². The second-order valence-electron chi connectivity index (χ2n) is 5.91. The van der Waals surface area contributed by atoms with Crippen LogP contribution in [0, 0.1) is 17.4 Å². The third kappa shape index (κ3) is 7.28. The fourth-order valence-corrected chi connectivity index (χ4v) is 2.21. The van der Waals surface area contributed by atoms with Gasteiger partial charge in [0.15, 0.2) is 0 Å². The molecule has 0 radical (unpaired) electrons. The number of hydrogen-bond donors (Lipinski definition) is 1. The van der Waals surface area contributed by atoms with Gasteiger partial charge in [0.1, 0.15) is 5.56 Å². The average Bonchev–Trinajstić information content (AvgIpc) is 2.58.